The van der Waals surface area contributed by atoms with Crippen molar-refractivity contribution in [2.45, 2.75) is 13.8 Å². The lowest BCUT2D eigenvalue weighted by molar-refractivity contribution is -0.116. The molecule has 26 heavy (non-hydrogen) atoms. The molecule has 0 spiro atoms. The molecule has 136 valence electrons. The van der Waals surface area contributed by atoms with E-state index in [1.807, 2.05) is 0 Å². The maximum absolute atomic E-state index is 12.2. The van der Waals surface area contributed by atoms with E-state index in [9.17, 15) is 14.4 Å². The summed E-state index contributed by atoms with van der Waals surface area (Å²) in [5.41, 5.74) is 1.72. The average molecular weight is 374 g/mol. The smallest absolute Gasteiger partial charge is 0.252 e. The fourth-order valence-corrected chi connectivity index (χ4v) is 2.64. The van der Waals surface area contributed by atoms with Gasteiger partial charge in [-0.2, -0.15) is 0 Å². The lowest BCUT2D eigenvalue weighted by Crippen LogP contribution is -2.37. The van der Waals surface area contributed by atoms with E-state index in [4.69, 9.17) is 11.6 Å². The van der Waals surface area contributed by atoms with Gasteiger partial charge < -0.3 is 15.5 Å². The summed E-state index contributed by atoms with van der Waals surface area (Å²) in [5, 5.41) is 5.80. The number of nitrogens with one attached hydrogen (secondary N) is 2. The molecule has 0 aliphatic heterocycles. The molecule has 2 aromatic carbocycles. The third kappa shape index (κ3) is 5.32. The van der Waals surface area contributed by atoms with Gasteiger partial charge in [-0.25, -0.2) is 0 Å². The van der Waals surface area contributed by atoms with Crippen molar-refractivity contribution in [3.05, 3.63) is 59.1 Å². The van der Waals surface area contributed by atoms with E-state index in [0.717, 1.165) is 0 Å². The van der Waals surface area contributed by atoms with Crippen molar-refractivity contribution < 1.29 is 14.4 Å². The summed E-state index contributed by atoms with van der Waals surface area (Å²) in [6.45, 7) is 3.47. The van der Waals surface area contributed by atoms with Gasteiger partial charge in [0.2, 0.25) is 11.8 Å². The van der Waals surface area contributed by atoms with Crippen LogP contribution in [0.5, 0.6) is 0 Å². The number of hydrogen-bond acceptors (Lipinski definition) is 3. The van der Waals surface area contributed by atoms with E-state index in [1.165, 1.54) is 13.8 Å². The van der Waals surface area contributed by atoms with Crippen LogP contribution in [-0.4, -0.2) is 30.8 Å². The Kier molecular flexibility index (Phi) is 6.74. The number of nitrogens with zero attached hydrogens (tertiary/aromatic N) is 1. The first-order valence-electron chi connectivity index (χ1n) is 8.07. The SMILES string of the molecule is CC(=O)Nc1ccc(N(CCNC(=O)c2ccccc2Cl)C(C)=O)cc1. The highest BCUT2D eigenvalue weighted by Crippen LogP contribution is 2.18. The number of hydrogen-bond donors (Lipinski definition) is 2. The number of rotatable bonds is 6. The molecule has 3 amide bonds. The van der Waals surface area contributed by atoms with E-state index in [-0.39, 0.29) is 24.3 Å². The van der Waals surface area contributed by atoms with Crippen molar-refractivity contribution in [2.24, 2.45) is 0 Å². The normalized spacial score (nSPS) is 10.1. The largest absolute Gasteiger partial charge is 0.350 e. The molecule has 2 aromatic rings. The second-order valence-corrected chi connectivity index (χ2v) is 6.04. The molecule has 0 aliphatic rings. The van der Waals surface area contributed by atoms with Crippen molar-refractivity contribution in [1.82, 2.24) is 5.32 Å². The van der Waals surface area contributed by atoms with Gasteiger partial charge in [-0.3, -0.25) is 14.4 Å². The van der Waals surface area contributed by atoms with Crippen LogP contribution in [0.25, 0.3) is 0 Å². The fraction of sp³-hybridized carbons (Fsp3) is 0.211. The first-order chi connectivity index (χ1) is 12.4. The minimum absolute atomic E-state index is 0.149. The summed E-state index contributed by atoms with van der Waals surface area (Å²) in [6.07, 6.45) is 0. The molecular weight excluding hydrogens is 354 g/mol. The van der Waals surface area contributed by atoms with Crippen molar-refractivity contribution >= 4 is 40.7 Å². The van der Waals surface area contributed by atoms with Crippen LogP contribution in [0, 0.1) is 0 Å². The summed E-state index contributed by atoms with van der Waals surface area (Å²) in [7, 11) is 0. The van der Waals surface area contributed by atoms with Gasteiger partial charge in [-0.15, -0.1) is 0 Å². The third-order valence-electron chi connectivity index (χ3n) is 3.62. The van der Waals surface area contributed by atoms with Crippen LogP contribution >= 0.6 is 11.6 Å². The third-order valence-corrected chi connectivity index (χ3v) is 3.95. The van der Waals surface area contributed by atoms with Gasteiger partial charge in [0.05, 0.1) is 10.6 Å². The highest BCUT2D eigenvalue weighted by molar-refractivity contribution is 6.33. The van der Waals surface area contributed by atoms with E-state index < -0.39 is 0 Å². The molecule has 0 fully saturated rings. The van der Waals surface area contributed by atoms with Crippen LogP contribution in [0.1, 0.15) is 24.2 Å². The zero-order chi connectivity index (χ0) is 19.1. The standard InChI is InChI=1S/C19H20ClN3O3/c1-13(24)22-15-7-9-16(10-8-15)23(14(2)25)12-11-21-19(26)17-5-3-4-6-18(17)20/h3-10H,11-12H2,1-2H3,(H,21,26)(H,22,24). The molecule has 0 heterocycles. The maximum atomic E-state index is 12.2. The van der Waals surface area contributed by atoms with Gasteiger partial charge >= 0.3 is 0 Å². The molecule has 0 radical (unpaired) electrons. The first-order valence-corrected chi connectivity index (χ1v) is 8.45. The van der Waals surface area contributed by atoms with Crippen LogP contribution in [0.4, 0.5) is 11.4 Å². The van der Waals surface area contributed by atoms with Crippen LogP contribution < -0.4 is 15.5 Å². The molecule has 2 N–H and O–H groups in total. The number of anilines is 2. The number of carbonyl (C=O) groups is 3. The van der Waals surface area contributed by atoms with Crippen LogP contribution in [0.3, 0.4) is 0 Å². The van der Waals surface area contributed by atoms with Gasteiger partial charge in [0.15, 0.2) is 0 Å². The topological polar surface area (TPSA) is 78.5 Å². The molecule has 0 saturated carbocycles. The van der Waals surface area contributed by atoms with Crippen molar-refractivity contribution in [3.8, 4) is 0 Å². The second-order valence-electron chi connectivity index (χ2n) is 5.63. The summed E-state index contributed by atoms with van der Waals surface area (Å²) in [5.74, 6) is -0.604. The van der Waals surface area contributed by atoms with Gasteiger partial charge in [-0.1, -0.05) is 23.7 Å². The second kappa shape index (κ2) is 9.01. The van der Waals surface area contributed by atoms with Crippen molar-refractivity contribution in [1.29, 1.82) is 0 Å². The van der Waals surface area contributed by atoms with Gasteiger partial charge in [0.25, 0.3) is 5.91 Å². The van der Waals surface area contributed by atoms with Crippen molar-refractivity contribution in [2.75, 3.05) is 23.3 Å². The molecule has 0 aliphatic carbocycles. The highest BCUT2D eigenvalue weighted by Gasteiger charge is 2.13. The van der Waals surface area contributed by atoms with E-state index >= 15 is 0 Å². The Balaban J connectivity index is 1.98. The fourth-order valence-electron chi connectivity index (χ4n) is 2.42. The predicted molar refractivity (Wildman–Crippen MR) is 103 cm³/mol. The Morgan fingerprint density at radius 3 is 2.23 bits per heavy atom. The molecule has 0 bridgehead atoms. The molecule has 6 nitrogen and oxygen atoms in total. The Hall–Kier alpha value is -2.86. The number of benzene rings is 2. The van der Waals surface area contributed by atoms with Gasteiger partial charge in [-0.05, 0) is 36.4 Å². The molecular formula is C19H20ClN3O3. The Bertz CT molecular complexity index is 806. The summed E-state index contributed by atoms with van der Waals surface area (Å²) in [6, 6.07) is 13.7. The average Bonchev–Trinajstić information content (AvgIpc) is 2.59. The van der Waals surface area contributed by atoms with Gasteiger partial charge in [0, 0.05) is 38.3 Å². The first kappa shape index (κ1) is 19.5. The monoisotopic (exact) mass is 373 g/mol. The number of halogens is 1. The van der Waals surface area contributed by atoms with E-state index in [0.29, 0.717) is 28.5 Å². The molecule has 7 heteroatoms. The van der Waals surface area contributed by atoms with Crippen LogP contribution in [0.2, 0.25) is 5.02 Å². The Morgan fingerprint density at radius 2 is 1.65 bits per heavy atom. The zero-order valence-electron chi connectivity index (χ0n) is 14.6. The minimum Gasteiger partial charge on any atom is -0.350 e. The van der Waals surface area contributed by atoms with Gasteiger partial charge in [0.1, 0.15) is 0 Å². The maximum Gasteiger partial charge on any atom is 0.252 e. The summed E-state index contributed by atoms with van der Waals surface area (Å²) in [4.78, 5) is 36.7. The molecule has 0 unspecified atom stereocenters. The lowest BCUT2D eigenvalue weighted by atomic mass is 10.2. The molecule has 2 rings (SSSR count). The summed E-state index contributed by atoms with van der Waals surface area (Å²) < 4.78 is 0. The molecule has 0 atom stereocenters. The molecule has 0 saturated heterocycles. The van der Waals surface area contributed by atoms with Crippen molar-refractivity contribution in [3.63, 3.8) is 0 Å². The minimum atomic E-state index is -0.292. The van der Waals surface area contributed by atoms with E-state index in [1.54, 1.807) is 53.4 Å². The summed E-state index contributed by atoms with van der Waals surface area (Å²) >= 11 is 6.00. The number of carbonyl (C=O) groups excluding carboxylic acids is 3. The van der Waals surface area contributed by atoms with Crippen LogP contribution in [0.15, 0.2) is 48.5 Å². The zero-order valence-corrected chi connectivity index (χ0v) is 15.3. The Labute approximate surface area is 157 Å². The lowest BCUT2D eigenvalue weighted by Gasteiger charge is -2.22. The van der Waals surface area contributed by atoms with Crippen LogP contribution in [-0.2, 0) is 9.59 Å². The highest BCUT2D eigenvalue weighted by atomic mass is 35.5. The van der Waals surface area contributed by atoms with E-state index in [2.05, 4.69) is 10.6 Å². The molecule has 0 aromatic heterocycles. The quantitative estimate of drug-likeness (QED) is 0.816. The number of amides is 3. The Morgan fingerprint density at radius 1 is 1.00 bits per heavy atom. The predicted octanol–water partition coefficient (Wildman–Crippen LogP) is 3.08.